The van der Waals surface area contributed by atoms with Crippen molar-refractivity contribution in [1.29, 1.82) is 0 Å². The molecule has 0 aliphatic rings. The number of hydrogen-bond acceptors (Lipinski definition) is 1. The van der Waals surface area contributed by atoms with Crippen molar-refractivity contribution in [2.45, 2.75) is 13.8 Å². The van der Waals surface area contributed by atoms with Crippen LogP contribution in [0.4, 0.5) is 0 Å². The molecule has 0 aliphatic carbocycles. The van der Waals surface area contributed by atoms with Crippen molar-refractivity contribution in [3.63, 3.8) is 0 Å². The fraction of sp³-hybridized carbons (Fsp3) is 0.0769. The first kappa shape index (κ1) is 19.6. The normalized spacial score (nSPS) is 13.0. The summed E-state index contributed by atoms with van der Waals surface area (Å²) in [5.41, 5.74) is 2.57. The van der Waals surface area contributed by atoms with Crippen LogP contribution in [0.3, 0.4) is 0 Å². The van der Waals surface area contributed by atoms with Gasteiger partial charge in [0.25, 0.3) is 0 Å². The van der Waals surface area contributed by atoms with Gasteiger partial charge >= 0.3 is 0 Å². The van der Waals surface area contributed by atoms with Gasteiger partial charge in [0, 0.05) is 0 Å². The summed E-state index contributed by atoms with van der Waals surface area (Å²) in [6, 6.07) is 39.3. The predicted octanol–water partition coefficient (Wildman–Crippen LogP) is 2.70. The van der Waals surface area contributed by atoms with Crippen LogP contribution in [0, 0.1) is 13.8 Å². The van der Waals surface area contributed by atoms with Crippen LogP contribution in [0.15, 0.2) is 109 Å². The minimum absolute atomic E-state index is 1.29. The molecular formula is C26H26OSi2. The first-order valence-corrected chi connectivity index (χ1v) is 13.3. The smallest absolute Gasteiger partial charge is 0.228 e. The van der Waals surface area contributed by atoms with Crippen molar-refractivity contribution in [2.24, 2.45) is 0 Å². The van der Waals surface area contributed by atoms with Crippen molar-refractivity contribution in [2.75, 3.05) is 0 Å². The standard InChI is InChI=1S/C26H26OSi2/c1-21-11-9-17-25(19-21)28(23-13-5-3-6-14-23)27-29(24-15-7-4-8-16-24)26-18-10-12-22(2)20-26/h3-20,28-29H,1-2H3. The van der Waals surface area contributed by atoms with Gasteiger partial charge in [0.05, 0.1) is 0 Å². The van der Waals surface area contributed by atoms with Gasteiger partial charge in [-0.05, 0) is 34.6 Å². The van der Waals surface area contributed by atoms with Gasteiger partial charge in [-0.2, -0.15) is 0 Å². The van der Waals surface area contributed by atoms with E-state index in [-0.39, 0.29) is 0 Å². The van der Waals surface area contributed by atoms with Crippen LogP contribution in [-0.4, -0.2) is 18.1 Å². The molecule has 0 saturated carbocycles. The van der Waals surface area contributed by atoms with Crippen molar-refractivity contribution in [3.8, 4) is 0 Å². The SMILES string of the molecule is Cc1cccc([SiH](O[SiH](c2ccccc2)c2cccc(C)c2)c2ccccc2)c1. The molecule has 0 aromatic heterocycles. The van der Waals surface area contributed by atoms with Gasteiger partial charge in [-0.15, -0.1) is 0 Å². The molecule has 0 spiro atoms. The quantitative estimate of drug-likeness (QED) is 0.444. The number of benzene rings is 4. The predicted molar refractivity (Wildman–Crippen MR) is 129 cm³/mol. The lowest BCUT2D eigenvalue weighted by Gasteiger charge is -2.25. The van der Waals surface area contributed by atoms with Gasteiger partial charge in [-0.25, -0.2) is 0 Å². The third-order valence-electron chi connectivity index (χ3n) is 5.17. The Hall–Kier alpha value is -2.73. The minimum Gasteiger partial charge on any atom is -0.446 e. The van der Waals surface area contributed by atoms with Crippen LogP contribution < -0.4 is 20.7 Å². The van der Waals surface area contributed by atoms with Crippen molar-refractivity contribution >= 4 is 38.8 Å². The molecule has 0 N–H and O–H groups in total. The van der Waals surface area contributed by atoms with E-state index in [0.29, 0.717) is 0 Å². The van der Waals surface area contributed by atoms with Gasteiger partial charge in [0.15, 0.2) is 0 Å². The first-order chi connectivity index (χ1) is 14.2. The van der Waals surface area contributed by atoms with Gasteiger partial charge in [0.2, 0.25) is 18.1 Å². The molecule has 144 valence electrons. The molecule has 0 saturated heterocycles. The lowest BCUT2D eigenvalue weighted by atomic mass is 10.2. The van der Waals surface area contributed by atoms with Crippen LogP contribution in [0.5, 0.6) is 0 Å². The summed E-state index contributed by atoms with van der Waals surface area (Å²) in [4.78, 5) is 0. The molecule has 4 aromatic rings. The third-order valence-corrected chi connectivity index (χ3v) is 11.3. The zero-order valence-electron chi connectivity index (χ0n) is 17.0. The second kappa shape index (κ2) is 9.18. The minimum atomic E-state index is -1.83. The Morgan fingerprint density at radius 3 is 1.21 bits per heavy atom. The molecule has 1 nitrogen and oxygen atoms in total. The fourth-order valence-corrected chi connectivity index (χ4v) is 10.7. The maximum atomic E-state index is 7.18. The zero-order chi connectivity index (χ0) is 20.1. The number of aryl methyl sites for hydroxylation is 2. The second-order valence-corrected chi connectivity index (χ2v) is 12.8. The number of rotatable bonds is 6. The highest BCUT2D eigenvalue weighted by Gasteiger charge is 2.26. The van der Waals surface area contributed by atoms with Gasteiger partial charge in [-0.1, -0.05) is 120 Å². The van der Waals surface area contributed by atoms with Crippen molar-refractivity contribution in [1.82, 2.24) is 0 Å². The second-order valence-electron chi connectivity index (χ2n) is 7.55. The molecule has 0 radical (unpaired) electrons. The molecule has 3 heteroatoms. The van der Waals surface area contributed by atoms with Crippen LogP contribution in [0.1, 0.15) is 11.1 Å². The molecule has 0 fully saturated rings. The summed E-state index contributed by atoms with van der Waals surface area (Å²) in [6.45, 7) is 4.32. The van der Waals surface area contributed by atoms with Crippen LogP contribution in [0.25, 0.3) is 0 Å². The summed E-state index contributed by atoms with van der Waals surface area (Å²) >= 11 is 0. The summed E-state index contributed by atoms with van der Waals surface area (Å²) in [6.07, 6.45) is 0. The van der Waals surface area contributed by atoms with E-state index in [1.54, 1.807) is 0 Å². The first-order valence-electron chi connectivity index (χ1n) is 10.1. The zero-order valence-corrected chi connectivity index (χ0v) is 19.3. The third kappa shape index (κ3) is 4.82. The van der Waals surface area contributed by atoms with Gasteiger partial charge in [-0.3, -0.25) is 0 Å². The lowest BCUT2D eigenvalue weighted by molar-refractivity contribution is 0.633. The van der Waals surface area contributed by atoms with Crippen LogP contribution in [0.2, 0.25) is 0 Å². The Kier molecular flexibility index (Phi) is 6.20. The van der Waals surface area contributed by atoms with E-state index in [1.165, 1.54) is 31.9 Å². The summed E-state index contributed by atoms with van der Waals surface area (Å²) in [5, 5.41) is 5.35. The van der Waals surface area contributed by atoms with E-state index >= 15 is 0 Å². The Bertz CT molecular complexity index is 977. The van der Waals surface area contributed by atoms with E-state index in [2.05, 4.69) is 123 Å². The molecule has 4 aromatic carbocycles. The van der Waals surface area contributed by atoms with Crippen molar-refractivity contribution < 1.29 is 4.12 Å². The lowest BCUT2D eigenvalue weighted by Crippen LogP contribution is -2.56. The number of hydrogen-bond donors (Lipinski definition) is 0. The topological polar surface area (TPSA) is 9.23 Å². The van der Waals surface area contributed by atoms with Crippen LogP contribution >= 0.6 is 0 Å². The largest absolute Gasteiger partial charge is 0.446 e. The summed E-state index contributed by atoms with van der Waals surface area (Å²) < 4.78 is 7.18. The molecule has 2 unspecified atom stereocenters. The van der Waals surface area contributed by atoms with E-state index in [4.69, 9.17) is 4.12 Å². The maximum absolute atomic E-state index is 7.18. The summed E-state index contributed by atoms with van der Waals surface area (Å²) in [5.74, 6) is 0. The molecule has 0 bridgehead atoms. The Morgan fingerprint density at radius 1 is 0.448 bits per heavy atom. The average Bonchev–Trinajstić information content (AvgIpc) is 2.76. The van der Waals surface area contributed by atoms with E-state index in [1.807, 2.05) is 0 Å². The van der Waals surface area contributed by atoms with E-state index in [9.17, 15) is 0 Å². The molecule has 29 heavy (non-hydrogen) atoms. The molecular weight excluding hydrogens is 384 g/mol. The Balaban J connectivity index is 1.80. The van der Waals surface area contributed by atoms with Crippen molar-refractivity contribution in [3.05, 3.63) is 120 Å². The van der Waals surface area contributed by atoms with E-state index in [0.717, 1.165) is 0 Å². The highest BCUT2D eigenvalue weighted by Crippen LogP contribution is 2.04. The van der Waals surface area contributed by atoms with Crippen LogP contribution in [-0.2, 0) is 4.12 Å². The monoisotopic (exact) mass is 410 g/mol. The van der Waals surface area contributed by atoms with Gasteiger partial charge < -0.3 is 4.12 Å². The Labute approximate surface area is 177 Å². The average molecular weight is 411 g/mol. The fourth-order valence-electron chi connectivity index (χ4n) is 3.76. The van der Waals surface area contributed by atoms with E-state index < -0.39 is 18.1 Å². The highest BCUT2D eigenvalue weighted by molar-refractivity contribution is 6.91. The molecule has 0 heterocycles. The Morgan fingerprint density at radius 2 is 0.828 bits per heavy atom. The maximum Gasteiger partial charge on any atom is 0.228 e. The molecule has 0 amide bonds. The molecule has 2 atom stereocenters. The highest BCUT2D eigenvalue weighted by atomic mass is 28.4. The summed E-state index contributed by atoms with van der Waals surface area (Å²) in [7, 11) is -3.66. The molecule has 0 aliphatic heterocycles. The molecule has 4 rings (SSSR count). The van der Waals surface area contributed by atoms with Gasteiger partial charge in [0.1, 0.15) is 0 Å².